The van der Waals surface area contributed by atoms with Crippen LogP contribution >= 0.6 is 11.3 Å². The molecule has 0 fully saturated rings. The molecule has 2 N–H and O–H groups in total. The van der Waals surface area contributed by atoms with Gasteiger partial charge in [-0.25, -0.2) is 8.42 Å². The Bertz CT molecular complexity index is 434. The van der Waals surface area contributed by atoms with Gasteiger partial charge in [-0.1, -0.05) is 0 Å². The third-order valence-electron chi connectivity index (χ3n) is 1.47. The quantitative estimate of drug-likeness (QED) is 0.792. The van der Waals surface area contributed by atoms with Gasteiger partial charge in [-0.05, 0) is 23.9 Å². The Morgan fingerprint density at radius 3 is 2.71 bits per heavy atom. The highest BCUT2D eigenvalue weighted by Gasteiger charge is 2.18. The van der Waals surface area contributed by atoms with Gasteiger partial charge in [0.1, 0.15) is 10.8 Å². The molecule has 0 radical (unpaired) electrons. The molecular weight excluding hydrogens is 226 g/mol. The van der Waals surface area contributed by atoms with E-state index >= 15 is 0 Å². The molecule has 0 amide bonds. The number of hydrogen-bond donors (Lipinski definition) is 2. The first-order valence-corrected chi connectivity index (χ1v) is 6.05. The molecule has 0 bridgehead atoms. The van der Waals surface area contributed by atoms with Gasteiger partial charge in [0, 0.05) is 0 Å². The second-order valence-electron chi connectivity index (χ2n) is 2.61. The Hall–Kier alpha value is -0.920. The van der Waals surface area contributed by atoms with Crippen molar-refractivity contribution in [3.05, 3.63) is 17.0 Å². The van der Waals surface area contributed by atoms with Crippen LogP contribution in [0.4, 0.5) is 0 Å². The standard InChI is InChI=1S/C7H9NO4S2/c1-5-2-3-13-7(5)14(11,12)8-4-6(9)10/h2-3,8H,4H2,1H3,(H,9,10). The van der Waals surface area contributed by atoms with Crippen LogP contribution in [0.25, 0.3) is 0 Å². The molecule has 7 heteroatoms. The third-order valence-corrected chi connectivity index (χ3v) is 4.56. The second-order valence-corrected chi connectivity index (χ2v) is 5.49. The number of carboxylic acid groups (broad SMARTS) is 1. The zero-order valence-electron chi connectivity index (χ0n) is 7.35. The SMILES string of the molecule is Cc1ccsc1S(=O)(=O)NCC(=O)O. The number of thiophene rings is 1. The Balaban J connectivity index is 2.87. The fourth-order valence-corrected chi connectivity index (χ4v) is 3.29. The number of sulfonamides is 1. The highest BCUT2D eigenvalue weighted by atomic mass is 32.2. The van der Waals surface area contributed by atoms with E-state index in [0.717, 1.165) is 11.3 Å². The molecule has 0 aliphatic rings. The third kappa shape index (κ3) is 2.53. The molecule has 0 saturated heterocycles. The highest BCUT2D eigenvalue weighted by molar-refractivity contribution is 7.91. The van der Waals surface area contributed by atoms with Crippen molar-refractivity contribution in [1.29, 1.82) is 0 Å². The van der Waals surface area contributed by atoms with E-state index in [9.17, 15) is 13.2 Å². The fourth-order valence-electron chi connectivity index (χ4n) is 0.856. The van der Waals surface area contributed by atoms with Crippen molar-refractivity contribution in [3.8, 4) is 0 Å². The van der Waals surface area contributed by atoms with Crippen LogP contribution in [0.1, 0.15) is 5.56 Å². The minimum Gasteiger partial charge on any atom is -0.480 e. The van der Waals surface area contributed by atoms with E-state index in [4.69, 9.17) is 5.11 Å². The Labute approximate surface area is 85.4 Å². The minimum atomic E-state index is -3.66. The van der Waals surface area contributed by atoms with E-state index in [1.807, 2.05) is 4.72 Å². The minimum absolute atomic E-state index is 0.166. The maximum Gasteiger partial charge on any atom is 0.318 e. The molecule has 0 saturated carbocycles. The highest BCUT2D eigenvalue weighted by Crippen LogP contribution is 2.20. The predicted molar refractivity (Wildman–Crippen MR) is 51.9 cm³/mol. The van der Waals surface area contributed by atoms with Gasteiger partial charge in [0.15, 0.2) is 0 Å². The van der Waals surface area contributed by atoms with E-state index in [0.29, 0.717) is 5.56 Å². The van der Waals surface area contributed by atoms with Crippen LogP contribution in [0.5, 0.6) is 0 Å². The molecule has 0 aliphatic heterocycles. The first-order chi connectivity index (χ1) is 6.43. The molecule has 78 valence electrons. The lowest BCUT2D eigenvalue weighted by Gasteiger charge is -2.02. The summed E-state index contributed by atoms with van der Waals surface area (Å²) in [5.41, 5.74) is 0.618. The predicted octanol–water partition coefficient (Wildman–Crippen LogP) is 0.419. The van der Waals surface area contributed by atoms with Crippen LogP contribution in [0.3, 0.4) is 0 Å². The maximum absolute atomic E-state index is 11.5. The smallest absolute Gasteiger partial charge is 0.318 e. The molecule has 0 aromatic carbocycles. The molecule has 1 rings (SSSR count). The summed E-state index contributed by atoms with van der Waals surface area (Å²) in [6.45, 7) is 1.06. The van der Waals surface area contributed by atoms with Gasteiger partial charge in [0.05, 0.1) is 0 Å². The zero-order valence-corrected chi connectivity index (χ0v) is 8.98. The van der Waals surface area contributed by atoms with Crippen LogP contribution in [-0.4, -0.2) is 26.0 Å². The van der Waals surface area contributed by atoms with E-state index in [1.54, 1.807) is 18.4 Å². The monoisotopic (exact) mass is 235 g/mol. The maximum atomic E-state index is 11.5. The van der Waals surface area contributed by atoms with Crippen molar-refractivity contribution in [3.63, 3.8) is 0 Å². The van der Waals surface area contributed by atoms with Crippen molar-refractivity contribution < 1.29 is 18.3 Å². The van der Waals surface area contributed by atoms with Crippen LogP contribution < -0.4 is 4.72 Å². The molecule has 1 heterocycles. The first kappa shape index (κ1) is 11.2. The normalized spacial score (nSPS) is 11.5. The summed E-state index contributed by atoms with van der Waals surface area (Å²) in [7, 11) is -3.66. The lowest BCUT2D eigenvalue weighted by atomic mass is 10.4. The van der Waals surface area contributed by atoms with Crippen molar-refractivity contribution in [1.82, 2.24) is 4.72 Å². The lowest BCUT2D eigenvalue weighted by molar-refractivity contribution is -0.135. The largest absolute Gasteiger partial charge is 0.480 e. The average Bonchev–Trinajstić information content (AvgIpc) is 2.48. The number of aliphatic carboxylic acids is 1. The van der Waals surface area contributed by atoms with Crippen LogP contribution in [0.2, 0.25) is 0 Å². The summed E-state index contributed by atoms with van der Waals surface area (Å²) < 4.78 is 25.1. The molecule has 0 atom stereocenters. The van der Waals surface area contributed by atoms with E-state index in [1.165, 1.54) is 0 Å². The fraction of sp³-hybridized carbons (Fsp3) is 0.286. The zero-order chi connectivity index (χ0) is 10.8. The van der Waals surface area contributed by atoms with Crippen molar-refractivity contribution in [2.24, 2.45) is 0 Å². The Kier molecular flexibility index (Phi) is 3.25. The van der Waals surface area contributed by atoms with Crippen molar-refractivity contribution >= 4 is 27.3 Å². The van der Waals surface area contributed by atoms with Crippen LogP contribution in [0.15, 0.2) is 15.7 Å². The van der Waals surface area contributed by atoms with Crippen molar-refractivity contribution in [2.75, 3.05) is 6.54 Å². The van der Waals surface area contributed by atoms with Gasteiger partial charge in [-0.15, -0.1) is 11.3 Å². The second kappa shape index (κ2) is 4.07. The Morgan fingerprint density at radius 1 is 1.64 bits per heavy atom. The van der Waals surface area contributed by atoms with Gasteiger partial charge in [0.2, 0.25) is 0 Å². The molecule has 14 heavy (non-hydrogen) atoms. The lowest BCUT2D eigenvalue weighted by Crippen LogP contribution is -2.29. The number of carboxylic acids is 1. The summed E-state index contributed by atoms with van der Waals surface area (Å²) in [6.07, 6.45) is 0. The number of rotatable bonds is 4. The van der Waals surface area contributed by atoms with Gasteiger partial charge >= 0.3 is 5.97 Å². The van der Waals surface area contributed by atoms with Gasteiger partial charge in [-0.2, -0.15) is 4.72 Å². The number of nitrogens with one attached hydrogen (secondary N) is 1. The van der Waals surface area contributed by atoms with E-state index < -0.39 is 22.5 Å². The number of carbonyl (C=O) groups is 1. The number of aryl methyl sites for hydroxylation is 1. The average molecular weight is 235 g/mol. The summed E-state index contributed by atoms with van der Waals surface area (Å²) in [4.78, 5) is 10.2. The molecule has 0 unspecified atom stereocenters. The summed E-state index contributed by atoms with van der Waals surface area (Å²) >= 11 is 1.06. The van der Waals surface area contributed by atoms with Gasteiger partial charge in [-0.3, -0.25) is 4.79 Å². The van der Waals surface area contributed by atoms with Crippen LogP contribution in [-0.2, 0) is 14.8 Å². The van der Waals surface area contributed by atoms with Crippen LogP contribution in [0, 0.1) is 6.92 Å². The molecule has 5 nitrogen and oxygen atoms in total. The summed E-state index contributed by atoms with van der Waals surface area (Å²) in [6, 6.07) is 1.67. The number of hydrogen-bond acceptors (Lipinski definition) is 4. The van der Waals surface area contributed by atoms with Gasteiger partial charge in [0.25, 0.3) is 10.0 Å². The summed E-state index contributed by atoms with van der Waals surface area (Å²) in [5, 5.41) is 9.96. The molecule has 0 aliphatic carbocycles. The van der Waals surface area contributed by atoms with E-state index in [2.05, 4.69) is 0 Å². The first-order valence-electron chi connectivity index (χ1n) is 3.69. The van der Waals surface area contributed by atoms with Gasteiger partial charge < -0.3 is 5.11 Å². The molecule has 0 spiro atoms. The molecule has 1 aromatic heterocycles. The summed E-state index contributed by atoms with van der Waals surface area (Å²) in [5.74, 6) is -1.21. The molecular formula is C7H9NO4S2. The Morgan fingerprint density at radius 2 is 2.29 bits per heavy atom. The molecule has 1 aromatic rings. The van der Waals surface area contributed by atoms with E-state index in [-0.39, 0.29) is 4.21 Å². The van der Waals surface area contributed by atoms with Crippen molar-refractivity contribution in [2.45, 2.75) is 11.1 Å². The topological polar surface area (TPSA) is 83.5 Å².